The summed E-state index contributed by atoms with van der Waals surface area (Å²) in [6, 6.07) is 113. The Kier molecular flexibility index (Phi) is 62.6. The molecule has 19 rings (SSSR count). The van der Waals surface area contributed by atoms with Crippen LogP contribution < -0.4 is 35.2 Å². The van der Waals surface area contributed by atoms with Crippen molar-refractivity contribution in [1.29, 1.82) is 0 Å². The third kappa shape index (κ3) is 45.9. The molecule has 137 heavy (non-hydrogen) atoms. The van der Waals surface area contributed by atoms with Crippen LogP contribution in [0.3, 0.4) is 0 Å². The molecule has 0 amide bonds. The summed E-state index contributed by atoms with van der Waals surface area (Å²) in [5, 5.41) is 3.61. The van der Waals surface area contributed by atoms with Crippen LogP contribution in [0, 0.1) is 6.92 Å². The smallest absolute Gasteiger partial charge is 0.343 e. The Bertz CT molecular complexity index is 6150. The van der Waals surface area contributed by atoms with E-state index in [2.05, 4.69) is 397 Å². The first-order valence-corrected chi connectivity index (χ1v) is 59.0. The SMILES string of the molecule is Brc1cc(-c2ccccc2)sc1-c1ccccc1.Brc1cc(-c2ccccc2)sc1-c1ccccc1.Brc1cc(Br)c(Br)s1.Brc1cc(Br)c(Br)s1.C1=CCCC1.CC.Clc1ccc(-c2cc(Br)c(-c3ccccc3)s2)cc1.Clc1ccc(-c2cc(Br)c(Br)s2)cc1.Clc1ccc(-c2cc(Br)c(Br)s2)cc1.O=Bc1ccc(Cl)cc1.O=Bc1ccc(Cl)cc1.O=Bc1ccccc1.[CH2-]CCC.[Li+]. The van der Waals surface area contributed by atoms with Gasteiger partial charge in [0.2, 0.25) is 0 Å². The Morgan fingerprint density at radius 1 is 0.263 bits per heavy atom. The molecule has 0 unspecified atom stereocenters. The summed E-state index contributed by atoms with van der Waals surface area (Å²) in [7, 11) is 2.41. The molecule has 0 bridgehead atoms. The summed E-state index contributed by atoms with van der Waals surface area (Å²) >= 11 is 85.8. The first-order chi connectivity index (χ1) is 65.6. The molecule has 0 spiro atoms. The summed E-state index contributed by atoms with van der Waals surface area (Å²) in [6.07, 6.45) is 10.8. The minimum atomic E-state index is 0. The van der Waals surface area contributed by atoms with Crippen LogP contribution >= 0.6 is 344 Å². The quantitative estimate of drug-likeness (QED) is 0.0696. The zero-order chi connectivity index (χ0) is 98.7. The van der Waals surface area contributed by atoms with Gasteiger partial charge in [0.05, 0.1) is 22.7 Å². The molecule has 0 radical (unpaired) electrons. The molecule has 0 saturated heterocycles. The third-order valence-corrected chi connectivity index (χ3v) is 39.2. The second-order valence-electron chi connectivity index (χ2n) is 27.1. The van der Waals surface area contributed by atoms with Crippen molar-refractivity contribution >= 4 is 382 Å². The fourth-order valence-corrected chi connectivity index (χ4v) is 28.1. The number of unbranched alkanes of at least 4 members (excludes halogenated alkanes) is 1. The molecular formula is C105H80B3Br13Cl5LiO3S7. The van der Waals surface area contributed by atoms with Gasteiger partial charge in [0.25, 0.3) is 0 Å². The number of benzene rings is 11. The molecule has 11 aromatic carbocycles. The number of rotatable bonds is 12. The zero-order valence-corrected chi connectivity index (χ0v) is 104. The van der Waals surface area contributed by atoms with Gasteiger partial charge in [-0.2, -0.15) is 6.42 Å². The minimum Gasteiger partial charge on any atom is -0.343 e. The molecule has 0 atom stereocenters. The number of halogens is 18. The minimum absolute atomic E-state index is 0. The van der Waals surface area contributed by atoms with Crippen molar-refractivity contribution in [3.63, 3.8) is 0 Å². The van der Waals surface area contributed by atoms with E-state index < -0.39 is 0 Å². The molecule has 0 saturated carbocycles. The van der Waals surface area contributed by atoms with Crippen LogP contribution in [0.25, 0.3) is 83.5 Å². The van der Waals surface area contributed by atoms with Gasteiger partial charge >= 0.3 is 183 Å². The molecule has 696 valence electrons. The van der Waals surface area contributed by atoms with Gasteiger partial charge in [-0.3, -0.25) is 0 Å². The van der Waals surface area contributed by atoms with E-state index in [1.165, 1.54) is 109 Å². The maximum Gasteiger partial charge on any atom is 1.00 e. The van der Waals surface area contributed by atoms with Crippen LogP contribution in [0.1, 0.15) is 52.9 Å². The van der Waals surface area contributed by atoms with E-state index in [0.717, 1.165) is 102 Å². The van der Waals surface area contributed by atoms with Crippen molar-refractivity contribution in [1.82, 2.24) is 0 Å². The van der Waals surface area contributed by atoms with Crippen LogP contribution in [0.15, 0.2) is 412 Å². The molecular weight excluding hydrogens is 2790 g/mol. The first-order valence-electron chi connectivity index (χ1n) is 41.1. The van der Waals surface area contributed by atoms with Gasteiger partial charge in [0.15, 0.2) is 0 Å². The van der Waals surface area contributed by atoms with Gasteiger partial charge in [0, 0.05) is 85.4 Å². The van der Waals surface area contributed by atoms with Crippen LogP contribution in [-0.4, -0.2) is 21.4 Å². The Morgan fingerprint density at radius 2 is 0.460 bits per heavy atom. The van der Waals surface area contributed by atoms with Crippen LogP contribution in [-0.2, 0) is 14.1 Å². The molecule has 0 N–H and O–H groups in total. The Hall–Kier alpha value is -3.06. The van der Waals surface area contributed by atoms with Crippen LogP contribution in [0.2, 0.25) is 25.1 Å². The fraction of sp³-hybridized carbons (Fsp3) is 0.0762. The number of hydrogen-bond acceptors (Lipinski definition) is 10. The second kappa shape index (κ2) is 69.9. The van der Waals surface area contributed by atoms with Crippen molar-refractivity contribution in [3.8, 4) is 83.5 Å². The van der Waals surface area contributed by atoms with Gasteiger partial charge in [-0.25, -0.2) is 0 Å². The van der Waals surface area contributed by atoms with E-state index in [0.29, 0.717) is 21.0 Å². The summed E-state index contributed by atoms with van der Waals surface area (Å²) < 4.78 is 44.8. The predicted octanol–water partition coefficient (Wildman–Crippen LogP) is 41.2. The number of allylic oxidation sites excluding steroid dienone is 2. The maximum atomic E-state index is 10.1. The van der Waals surface area contributed by atoms with Crippen LogP contribution in [0.4, 0.5) is 0 Å². The molecule has 0 fully saturated rings. The van der Waals surface area contributed by atoms with Gasteiger partial charge < -0.3 is 6.92 Å². The molecule has 7 heterocycles. The zero-order valence-electron chi connectivity index (χ0n) is 73.4. The van der Waals surface area contributed by atoms with Crippen LogP contribution in [0.5, 0.6) is 0 Å². The van der Waals surface area contributed by atoms with E-state index in [-0.39, 0.29) is 18.9 Å². The standard InChI is InChI=1S/C16H10BrClS.2C16H11BrS.2C10H5Br2ClS.2C6H4BClO.C6H5BO.C5H8.2C4HBr3S.C4H9.C2H6.Li/c17-14-10-15(11-6-8-13(18)9-7-11)19-16(14)12-4-2-1-3-5-12;2*17-14-11-15(12-7-3-1-4-8-12)18-16(14)13-9-5-2-6-10-13;2*11-8-5-9(14-10(8)12)6-1-3-7(13)4-2-6;2*8-6-3-1-5(7-9)2-4-6;8-7-6-4-2-1-3-5-6;1-2-4-5-3-1;2*5-2-1-3(6)8-4(2)7;1-3-4-2;1-2;/h1-10H;2*1-11H;2*1-5H;2*1-4H;1-5H;1-2H,3-5H2;2*1H;1,3-4H2,2H3;1-2H3;/q;;;;;;;;;;;-1;;+1. The van der Waals surface area contributed by atoms with E-state index in [1.54, 1.807) is 117 Å². The van der Waals surface area contributed by atoms with E-state index >= 15 is 0 Å². The molecule has 0 aliphatic heterocycles. The summed E-state index contributed by atoms with van der Waals surface area (Å²) in [6.45, 7) is 9.72. The van der Waals surface area contributed by atoms with E-state index in [4.69, 9.17) is 58.0 Å². The Morgan fingerprint density at radius 3 is 0.642 bits per heavy atom. The van der Waals surface area contributed by atoms with Gasteiger partial charge in [0.1, 0.15) is 0 Å². The normalized spacial score (nSPS) is 10.1. The average Bonchev–Trinajstić information content (AvgIpc) is 1.71. The first kappa shape index (κ1) is 123. The molecule has 1 aliphatic rings. The predicted molar refractivity (Wildman–Crippen MR) is 651 cm³/mol. The maximum absolute atomic E-state index is 10.1. The number of hydrogen-bond donors (Lipinski definition) is 0. The monoisotopic (exact) mass is 2850 g/mol. The van der Waals surface area contributed by atoms with Crippen molar-refractivity contribution < 1.29 is 33.0 Å². The Labute approximate surface area is 981 Å². The van der Waals surface area contributed by atoms with Gasteiger partial charge in [-0.05, 0) is 350 Å². The molecule has 3 nitrogen and oxygen atoms in total. The molecule has 7 aromatic heterocycles. The third-order valence-electron chi connectivity index (χ3n) is 17.4. The van der Waals surface area contributed by atoms with E-state index in [1.807, 2.05) is 158 Å². The largest absolute Gasteiger partial charge is 1.00 e. The number of thiophene rings is 7. The van der Waals surface area contributed by atoms with Crippen molar-refractivity contribution in [2.45, 2.75) is 52.9 Å². The topological polar surface area (TPSA) is 51.2 Å². The Balaban J connectivity index is 0.000000234. The average molecular weight is 2870 g/mol. The van der Waals surface area contributed by atoms with Crippen molar-refractivity contribution in [2.75, 3.05) is 0 Å². The summed E-state index contributed by atoms with van der Waals surface area (Å²) in [5.41, 5.74) is 11.9. The molecule has 32 heteroatoms. The van der Waals surface area contributed by atoms with Gasteiger partial charge in [-0.1, -0.05) is 262 Å². The fourth-order valence-electron chi connectivity index (χ4n) is 10.8. The second-order valence-corrected chi connectivity index (χ2v) is 50.7. The van der Waals surface area contributed by atoms with Crippen molar-refractivity contribution in [2.24, 2.45) is 0 Å². The summed E-state index contributed by atoms with van der Waals surface area (Å²) in [4.78, 5) is 10.1. The molecule has 1 aliphatic carbocycles. The summed E-state index contributed by atoms with van der Waals surface area (Å²) in [5.74, 6) is 0. The molecule has 18 aromatic rings. The van der Waals surface area contributed by atoms with Crippen molar-refractivity contribution in [3.05, 3.63) is 444 Å². The van der Waals surface area contributed by atoms with E-state index in [9.17, 15) is 14.1 Å². The van der Waals surface area contributed by atoms with Gasteiger partial charge in [-0.15, -0.1) is 79.4 Å².